The topological polar surface area (TPSA) is 54.5 Å². The van der Waals surface area contributed by atoms with Gasteiger partial charge in [-0.3, -0.25) is 4.79 Å². The zero-order chi connectivity index (χ0) is 15.4. The molecule has 1 N–H and O–H groups in total. The molecule has 2 saturated heterocycles. The summed E-state index contributed by atoms with van der Waals surface area (Å²) in [5, 5.41) is 6.32. The Morgan fingerprint density at radius 2 is 2.21 bits per heavy atom. The van der Waals surface area contributed by atoms with Gasteiger partial charge in [-0.15, -0.1) is 36.2 Å². The van der Waals surface area contributed by atoms with Crippen LogP contribution in [0.2, 0.25) is 0 Å². The maximum atomic E-state index is 12.6. The van der Waals surface area contributed by atoms with Gasteiger partial charge in [0, 0.05) is 24.5 Å². The summed E-state index contributed by atoms with van der Waals surface area (Å²) in [5.74, 6) is 1.42. The van der Waals surface area contributed by atoms with E-state index in [1.54, 1.807) is 17.5 Å². The number of amides is 1. The molecule has 0 aromatic carbocycles. The first kappa shape index (κ1) is 21.6. The molecule has 8 heteroatoms. The lowest BCUT2D eigenvalue weighted by Gasteiger charge is -2.34. The SMILES string of the molecule is CC(CC(=O)N1CCOC(c2nccs2)C1)C1CCNCC1.Cl.Cl. The maximum absolute atomic E-state index is 12.6. The predicted molar refractivity (Wildman–Crippen MR) is 101 cm³/mol. The highest BCUT2D eigenvalue weighted by Crippen LogP contribution is 2.27. The third-order valence-electron chi connectivity index (χ3n) is 4.83. The minimum atomic E-state index is -0.0492. The standard InChI is InChI=1S/C16H25N3O2S.2ClH/c1-12(13-2-4-17-5-3-13)10-15(20)19-7-8-21-14(11-19)16-18-6-9-22-16;;/h6,9,12-14,17H,2-5,7-8,10-11H2,1H3;2*1H. The van der Waals surface area contributed by atoms with Crippen LogP contribution in [-0.4, -0.2) is 48.6 Å². The summed E-state index contributed by atoms with van der Waals surface area (Å²) in [7, 11) is 0. The van der Waals surface area contributed by atoms with Crippen molar-refractivity contribution in [2.75, 3.05) is 32.8 Å². The largest absolute Gasteiger partial charge is 0.367 e. The number of ether oxygens (including phenoxy) is 1. The molecule has 0 bridgehead atoms. The van der Waals surface area contributed by atoms with Crippen LogP contribution in [0.25, 0.3) is 0 Å². The quantitative estimate of drug-likeness (QED) is 0.851. The summed E-state index contributed by atoms with van der Waals surface area (Å²) >= 11 is 1.60. The van der Waals surface area contributed by atoms with E-state index in [1.165, 1.54) is 12.8 Å². The lowest BCUT2D eigenvalue weighted by molar-refractivity contribution is -0.140. The maximum Gasteiger partial charge on any atom is 0.223 e. The van der Waals surface area contributed by atoms with Gasteiger partial charge < -0.3 is 15.0 Å². The molecule has 1 aromatic heterocycles. The number of hydrogen-bond donors (Lipinski definition) is 1. The van der Waals surface area contributed by atoms with Crippen molar-refractivity contribution in [1.82, 2.24) is 15.2 Å². The van der Waals surface area contributed by atoms with Crippen LogP contribution in [0, 0.1) is 11.8 Å². The molecule has 2 aliphatic rings. The van der Waals surface area contributed by atoms with Gasteiger partial charge >= 0.3 is 0 Å². The summed E-state index contributed by atoms with van der Waals surface area (Å²) in [4.78, 5) is 18.9. The molecule has 138 valence electrons. The Bertz CT molecular complexity index is 484. The molecule has 1 amide bonds. The molecular formula is C16H27Cl2N3O2S. The van der Waals surface area contributed by atoms with E-state index in [4.69, 9.17) is 4.74 Å². The van der Waals surface area contributed by atoms with Gasteiger partial charge in [-0.05, 0) is 37.8 Å². The molecule has 0 radical (unpaired) electrons. The molecule has 5 nitrogen and oxygen atoms in total. The summed E-state index contributed by atoms with van der Waals surface area (Å²) in [6.45, 7) is 6.37. The van der Waals surface area contributed by atoms with E-state index >= 15 is 0 Å². The van der Waals surface area contributed by atoms with E-state index in [1.807, 2.05) is 10.3 Å². The normalized spacial score (nSPS) is 23.0. The summed E-state index contributed by atoms with van der Waals surface area (Å²) in [6.07, 6.45) is 4.80. The van der Waals surface area contributed by atoms with Gasteiger partial charge in [0.25, 0.3) is 0 Å². The smallest absolute Gasteiger partial charge is 0.223 e. The molecule has 0 saturated carbocycles. The second-order valence-corrected chi connectivity index (χ2v) is 7.26. The Morgan fingerprint density at radius 3 is 2.88 bits per heavy atom. The molecule has 2 aliphatic heterocycles. The fourth-order valence-corrected chi connectivity index (χ4v) is 4.08. The minimum Gasteiger partial charge on any atom is -0.367 e. The van der Waals surface area contributed by atoms with Gasteiger partial charge in [-0.1, -0.05) is 6.92 Å². The van der Waals surface area contributed by atoms with E-state index in [0.29, 0.717) is 38.0 Å². The lowest BCUT2D eigenvalue weighted by Crippen LogP contribution is -2.43. The Balaban J connectivity index is 0.00000144. The molecule has 24 heavy (non-hydrogen) atoms. The molecule has 2 unspecified atom stereocenters. The number of hydrogen-bond acceptors (Lipinski definition) is 5. The van der Waals surface area contributed by atoms with Crippen molar-refractivity contribution in [3.05, 3.63) is 16.6 Å². The van der Waals surface area contributed by atoms with Gasteiger partial charge in [0.2, 0.25) is 5.91 Å². The van der Waals surface area contributed by atoms with Crippen molar-refractivity contribution < 1.29 is 9.53 Å². The first-order chi connectivity index (χ1) is 10.7. The van der Waals surface area contributed by atoms with Crippen LogP contribution in [0.5, 0.6) is 0 Å². The highest BCUT2D eigenvalue weighted by molar-refractivity contribution is 7.09. The third-order valence-corrected chi connectivity index (χ3v) is 5.70. The molecule has 2 atom stereocenters. The van der Waals surface area contributed by atoms with Gasteiger partial charge in [0.05, 0.1) is 13.2 Å². The van der Waals surface area contributed by atoms with Crippen molar-refractivity contribution in [2.24, 2.45) is 11.8 Å². The summed E-state index contributed by atoms with van der Waals surface area (Å²) in [5.41, 5.74) is 0. The zero-order valence-corrected chi connectivity index (χ0v) is 16.4. The third kappa shape index (κ3) is 5.56. The number of morpholine rings is 1. The number of rotatable bonds is 4. The van der Waals surface area contributed by atoms with E-state index in [2.05, 4.69) is 17.2 Å². The molecular weight excluding hydrogens is 369 g/mol. The molecule has 1 aromatic rings. The van der Waals surface area contributed by atoms with Crippen LogP contribution in [0.15, 0.2) is 11.6 Å². The predicted octanol–water partition coefficient (Wildman–Crippen LogP) is 2.91. The van der Waals surface area contributed by atoms with E-state index in [9.17, 15) is 4.79 Å². The van der Waals surface area contributed by atoms with Crippen LogP contribution in [0.1, 0.15) is 37.3 Å². The molecule has 3 heterocycles. The van der Waals surface area contributed by atoms with Crippen LogP contribution < -0.4 is 5.32 Å². The molecule has 3 rings (SSSR count). The number of piperidine rings is 1. The van der Waals surface area contributed by atoms with Gasteiger partial charge in [0.15, 0.2) is 0 Å². The van der Waals surface area contributed by atoms with E-state index in [0.717, 1.165) is 18.1 Å². The Hall–Kier alpha value is -0.400. The lowest BCUT2D eigenvalue weighted by atomic mass is 9.84. The molecule has 0 spiro atoms. The second kappa shape index (κ2) is 10.6. The highest BCUT2D eigenvalue weighted by atomic mass is 35.5. The van der Waals surface area contributed by atoms with Crippen molar-refractivity contribution in [2.45, 2.75) is 32.3 Å². The number of carbonyl (C=O) groups is 1. The van der Waals surface area contributed by atoms with E-state index < -0.39 is 0 Å². The fourth-order valence-electron chi connectivity index (χ4n) is 3.40. The minimum absolute atomic E-state index is 0. The van der Waals surface area contributed by atoms with Crippen molar-refractivity contribution in [3.63, 3.8) is 0 Å². The second-order valence-electron chi connectivity index (χ2n) is 6.34. The van der Waals surface area contributed by atoms with Crippen LogP contribution in [-0.2, 0) is 9.53 Å². The Labute approximate surface area is 160 Å². The number of halogens is 2. The van der Waals surface area contributed by atoms with Gasteiger partial charge in [-0.2, -0.15) is 0 Å². The Morgan fingerprint density at radius 1 is 1.46 bits per heavy atom. The first-order valence-electron chi connectivity index (χ1n) is 8.23. The van der Waals surface area contributed by atoms with Crippen LogP contribution >= 0.6 is 36.2 Å². The van der Waals surface area contributed by atoms with Crippen LogP contribution in [0.3, 0.4) is 0 Å². The summed E-state index contributed by atoms with van der Waals surface area (Å²) < 4.78 is 5.77. The average Bonchev–Trinajstić information content (AvgIpc) is 3.10. The fraction of sp³-hybridized carbons (Fsp3) is 0.750. The number of aromatic nitrogens is 1. The van der Waals surface area contributed by atoms with Gasteiger partial charge in [0.1, 0.15) is 11.1 Å². The van der Waals surface area contributed by atoms with Crippen molar-refractivity contribution in [1.29, 1.82) is 0 Å². The highest BCUT2D eigenvalue weighted by Gasteiger charge is 2.29. The monoisotopic (exact) mass is 395 g/mol. The first-order valence-corrected chi connectivity index (χ1v) is 9.11. The van der Waals surface area contributed by atoms with Crippen molar-refractivity contribution >= 4 is 42.1 Å². The molecule has 0 aliphatic carbocycles. The number of thiazole rings is 1. The zero-order valence-electron chi connectivity index (χ0n) is 14.0. The number of carbonyl (C=O) groups excluding carboxylic acids is 1. The number of nitrogens with zero attached hydrogens (tertiary/aromatic N) is 2. The van der Waals surface area contributed by atoms with Crippen molar-refractivity contribution in [3.8, 4) is 0 Å². The average molecular weight is 396 g/mol. The van der Waals surface area contributed by atoms with Crippen LogP contribution in [0.4, 0.5) is 0 Å². The molecule has 2 fully saturated rings. The summed E-state index contributed by atoms with van der Waals surface area (Å²) in [6, 6.07) is 0. The van der Waals surface area contributed by atoms with E-state index in [-0.39, 0.29) is 36.8 Å². The Kier molecular flexibility index (Phi) is 9.52. The van der Waals surface area contributed by atoms with Gasteiger partial charge in [-0.25, -0.2) is 4.98 Å². The number of nitrogens with one attached hydrogen (secondary N) is 1.